The summed E-state index contributed by atoms with van der Waals surface area (Å²) < 4.78 is 20.8. The SMILES string of the molecule is [C-]#[N+]c1cc(Cc2ncc(C)c(-c3cc(F)c4c(c3)N(C(C)C)CCO4)n2)ccc1N1CCC(N(C)C)CC1. The van der Waals surface area contributed by atoms with E-state index in [1.807, 2.05) is 19.1 Å². The second kappa shape index (κ2) is 11.2. The van der Waals surface area contributed by atoms with Crippen molar-refractivity contribution in [2.75, 3.05) is 50.1 Å². The Labute approximate surface area is 231 Å². The molecular formula is C31H37FN6O. The topological polar surface area (TPSA) is 49.1 Å². The Balaban J connectivity index is 1.40. The molecule has 39 heavy (non-hydrogen) atoms. The number of ether oxygens (including phenoxy) is 1. The third-order valence-electron chi connectivity index (χ3n) is 7.89. The normalized spacial score (nSPS) is 15.9. The van der Waals surface area contributed by atoms with Gasteiger partial charge in [0.2, 0.25) is 5.69 Å². The molecule has 1 saturated heterocycles. The van der Waals surface area contributed by atoms with Gasteiger partial charge in [0.05, 0.1) is 24.5 Å². The third-order valence-corrected chi connectivity index (χ3v) is 7.89. The quantitative estimate of drug-likeness (QED) is 0.373. The number of hydrogen-bond donors (Lipinski definition) is 0. The van der Waals surface area contributed by atoms with Gasteiger partial charge in [0.15, 0.2) is 11.6 Å². The lowest BCUT2D eigenvalue weighted by atomic mass is 10.0. The van der Waals surface area contributed by atoms with Crippen molar-refractivity contribution >= 4 is 17.1 Å². The molecule has 1 fully saturated rings. The van der Waals surface area contributed by atoms with Crippen LogP contribution in [0.1, 0.15) is 43.6 Å². The Morgan fingerprint density at radius 3 is 2.59 bits per heavy atom. The van der Waals surface area contributed by atoms with Gasteiger partial charge in [0, 0.05) is 49.0 Å². The van der Waals surface area contributed by atoms with E-state index in [1.54, 1.807) is 6.20 Å². The molecule has 8 heteroatoms. The summed E-state index contributed by atoms with van der Waals surface area (Å²) in [7, 11) is 4.27. The van der Waals surface area contributed by atoms with E-state index in [0.717, 1.165) is 48.4 Å². The van der Waals surface area contributed by atoms with Crippen LogP contribution in [-0.2, 0) is 6.42 Å². The van der Waals surface area contributed by atoms with Crippen LogP contribution in [0.2, 0.25) is 0 Å². The van der Waals surface area contributed by atoms with Crippen molar-refractivity contribution < 1.29 is 9.13 Å². The molecule has 0 spiro atoms. The first-order valence-electron chi connectivity index (χ1n) is 13.7. The number of anilines is 2. The molecule has 2 aromatic carbocycles. The van der Waals surface area contributed by atoms with Gasteiger partial charge in [-0.25, -0.2) is 19.2 Å². The van der Waals surface area contributed by atoms with Crippen LogP contribution in [0.15, 0.2) is 36.5 Å². The minimum Gasteiger partial charge on any atom is -0.486 e. The number of rotatable bonds is 6. The van der Waals surface area contributed by atoms with Gasteiger partial charge in [0.25, 0.3) is 0 Å². The molecule has 0 unspecified atom stereocenters. The molecule has 0 amide bonds. The zero-order chi connectivity index (χ0) is 27.7. The maximum Gasteiger partial charge on any atom is 0.210 e. The van der Waals surface area contributed by atoms with Crippen molar-refractivity contribution in [2.45, 2.75) is 52.1 Å². The number of halogens is 1. The van der Waals surface area contributed by atoms with Crippen molar-refractivity contribution in [1.29, 1.82) is 0 Å². The number of aryl methyl sites for hydroxylation is 1. The fraction of sp³-hybridized carbons (Fsp3) is 0.452. The minimum atomic E-state index is -0.376. The largest absolute Gasteiger partial charge is 0.486 e. The highest BCUT2D eigenvalue weighted by molar-refractivity contribution is 5.74. The summed E-state index contributed by atoms with van der Waals surface area (Å²) in [5.41, 5.74) is 5.70. The molecule has 1 aromatic heterocycles. The average molecular weight is 529 g/mol. The van der Waals surface area contributed by atoms with Crippen LogP contribution in [0.5, 0.6) is 5.75 Å². The zero-order valence-corrected chi connectivity index (χ0v) is 23.5. The van der Waals surface area contributed by atoms with E-state index in [4.69, 9.17) is 16.3 Å². The first-order chi connectivity index (χ1) is 18.7. The maximum atomic E-state index is 15.1. The molecule has 204 valence electrons. The van der Waals surface area contributed by atoms with Crippen LogP contribution >= 0.6 is 0 Å². The lowest BCUT2D eigenvalue weighted by Crippen LogP contribution is -2.42. The van der Waals surface area contributed by atoms with E-state index in [-0.39, 0.29) is 11.9 Å². The molecule has 0 saturated carbocycles. The minimum absolute atomic E-state index is 0.225. The predicted molar refractivity (Wildman–Crippen MR) is 155 cm³/mol. The van der Waals surface area contributed by atoms with E-state index < -0.39 is 0 Å². The highest BCUT2D eigenvalue weighted by Crippen LogP contribution is 2.39. The molecule has 3 aromatic rings. The highest BCUT2D eigenvalue weighted by Gasteiger charge is 2.26. The van der Waals surface area contributed by atoms with Gasteiger partial charge >= 0.3 is 0 Å². The molecule has 0 bridgehead atoms. The van der Waals surface area contributed by atoms with Crippen LogP contribution in [0.25, 0.3) is 16.1 Å². The third kappa shape index (κ3) is 5.55. The maximum absolute atomic E-state index is 15.1. The molecule has 2 aliphatic heterocycles. The predicted octanol–water partition coefficient (Wildman–Crippen LogP) is 5.87. The van der Waals surface area contributed by atoms with Crippen LogP contribution in [-0.4, -0.2) is 67.3 Å². The summed E-state index contributed by atoms with van der Waals surface area (Å²) in [6.07, 6.45) is 4.48. The summed E-state index contributed by atoms with van der Waals surface area (Å²) in [4.78, 5) is 20.1. The molecule has 3 heterocycles. The van der Waals surface area contributed by atoms with Gasteiger partial charge < -0.3 is 19.4 Å². The first kappa shape index (κ1) is 26.9. The van der Waals surface area contributed by atoms with E-state index in [0.29, 0.717) is 54.1 Å². The van der Waals surface area contributed by atoms with Crippen molar-refractivity contribution in [3.05, 3.63) is 70.7 Å². The van der Waals surface area contributed by atoms with Crippen LogP contribution in [0.3, 0.4) is 0 Å². The molecule has 0 atom stereocenters. The number of piperidine rings is 1. The number of fused-ring (bicyclic) bond motifs is 1. The Hall–Kier alpha value is -3.70. The molecule has 0 N–H and O–H groups in total. The van der Waals surface area contributed by atoms with E-state index in [9.17, 15) is 0 Å². The molecular weight excluding hydrogens is 491 g/mol. The zero-order valence-electron chi connectivity index (χ0n) is 23.5. The average Bonchev–Trinajstić information content (AvgIpc) is 2.93. The van der Waals surface area contributed by atoms with Crippen molar-refractivity contribution in [2.24, 2.45) is 0 Å². The number of hydrogen-bond acceptors (Lipinski definition) is 6. The highest BCUT2D eigenvalue weighted by atomic mass is 19.1. The fourth-order valence-corrected chi connectivity index (χ4v) is 5.67. The summed E-state index contributed by atoms with van der Waals surface area (Å²) in [5.74, 6) is 0.573. The van der Waals surface area contributed by atoms with Gasteiger partial charge in [-0.3, -0.25) is 0 Å². The molecule has 0 aliphatic carbocycles. The van der Waals surface area contributed by atoms with Crippen molar-refractivity contribution in [3.63, 3.8) is 0 Å². The van der Waals surface area contributed by atoms with E-state index in [2.05, 4.69) is 64.6 Å². The molecule has 0 radical (unpaired) electrons. The number of benzene rings is 2. The first-order valence-corrected chi connectivity index (χ1v) is 13.7. The lowest BCUT2D eigenvalue weighted by Gasteiger charge is -2.37. The smallest absolute Gasteiger partial charge is 0.210 e. The summed E-state index contributed by atoms with van der Waals surface area (Å²) in [6, 6.07) is 10.4. The van der Waals surface area contributed by atoms with Gasteiger partial charge in [-0.05, 0) is 71.5 Å². The van der Waals surface area contributed by atoms with Gasteiger partial charge in [-0.15, -0.1) is 0 Å². The number of nitrogens with zero attached hydrogens (tertiary/aromatic N) is 6. The second-order valence-electron chi connectivity index (χ2n) is 11.1. The Kier molecular flexibility index (Phi) is 7.72. The van der Waals surface area contributed by atoms with Crippen LogP contribution < -0.4 is 14.5 Å². The standard InChI is InChI=1S/C31H37FN6O/c1-20(2)38-13-14-39-31-25(32)17-23(18-28(31)38)30-21(3)19-34-29(35-30)16-22-7-8-27(26(15-22)33-4)37-11-9-24(10-12-37)36(5)6/h7-8,15,17-20,24H,9-14,16H2,1-3,5-6H3. The molecule has 7 nitrogen and oxygen atoms in total. The monoisotopic (exact) mass is 528 g/mol. The molecule has 2 aliphatic rings. The van der Waals surface area contributed by atoms with Gasteiger partial charge in [-0.1, -0.05) is 17.7 Å². The summed E-state index contributed by atoms with van der Waals surface area (Å²) >= 11 is 0. The van der Waals surface area contributed by atoms with Gasteiger partial charge in [-0.2, -0.15) is 0 Å². The summed E-state index contributed by atoms with van der Waals surface area (Å²) in [5, 5.41) is 0. The Bertz CT molecular complexity index is 1390. The fourth-order valence-electron chi connectivity index (χ4n) is 5.67. The van der Waals surface area contributed by atoms with E-state index in [1.165, 1.54) is 6.07 Å². The van der Waals surface area contributed by atoms with Gasteiger partial charge in [0.1, 0.15) is 12.4 Å². The van der Waals surface area contributed by atoms with Crippen molar-refractivity contribution in [3.8, 4) is 17.0 Å². The second-order valence-corrected chi connectivity index (χ2v) is 11.1. The molecule has 5 rings (SSSR count). The van der Waals surface area contributed by atoms with Crippen LogP contribution in [0.4, 0.5) is 21.5 Å². The Morgan fingerprint density at radius 1 is 1.13 bits per heavy atom. The van der Waals surface area contributed by atoms with Crippen molar-refractivity contribution in [1.82, 2.24) is 14.9 Å². The van der Waals surface area contributed by atoms with E-state index >= 15 is 4.39 Å². The Morgan fingerprint density at radius 2 is 1.90 bits per heavy atom. The lowest BCUT2D eigenvalue weighted by molar-refractivity contribution is 0.250. The number of aromatic nitrogens is 2. The summed E-state index contributed by atoms with van der Waals surface area (Å²) in [6.45, 7) is 17.0. The van der Waals surface area contributed by atoms with Crippen LogP contribution in [0, 0.1) is 19.3 Å².